The molecule has 1 aromatic heterocycles. The molecule has 0 unspecified atom stereocenters. The lowest BCUT2D eigenvalue weighted by Gasteiger charge is -2.13. The van der Waals surface area contributed by atoms with Crippen LogP contribution in [-0.2, 0) is 0 Å². The van der Waals surface area contributed by atoms with Crippen LogP contribution in [-0.4, -0.2) is 45.8 Å². The van der Waals surface area contributed by atoms with Crippen LogP contribution in [0.5, 0.6) is 34.5 Å². The summed E-state index contributed by atoms with van der Waals surface area (Å²) in [4.78, 5) is 0. The summed E-state index contributed by atoms with van der Waals surface area (Å²) in [5.41, 5.74) is 1.93. The summed E-state index contributed by atoms with van der Waals surface area (Å²) in [5, 5.41) is 14.2. The highest BCUT2D eigenvalue weighted by Gasteiger charge is 2.19. The van der Waals surface area contributed by atoms with Crippen molar-refractivity contribution in [3.05, 3.63) is 30.3 Å². The number of methoxy groups -OCH3 is 5. The van der Waals surface area contributed by atoms with E-state index in [0.29, 0.717) is 34.3 Å². The second kappa shape index (κ2) is 7.99. The van der Waals surface area contributed by atoms with Gasteiger partial charge in [-0.05, 0) is 24.3 Å². The van der Waals surface area contributed by atoms with Gasteiger partial charge in [0.05, 0.1) is 35.5 Å². The van der Waals surface area contributed by atoms with Crippen molar-refractivity contribution in [2.24, 2.45) is 0 Å². The number of phenolic OH excluding ortho intramolecular Hbond substituents is 1. The van der Waals surface area contributed by atoms with E-state index in [0.717, 1.165) is 5.56 Å². The lowest BCUT2D eigenvalue weighted by Crippen LogP contribution is -1.95. The van der Waals surface area contributed by atoms with E-state index in [1.165, 1.54) is 14.2 Å². The van der Waals surface area contributed by atoms with Gasteiger partial charge in [-0.2, -0.15) is 0 Å². The molecule has 0 amide bonds. The Hall–Kier alpha value is -3.55. The minimum atomic E-state index is -0.0851. The summed E-state index contributed by atoms with van der Waals surface area (Å²) in [6, 6.07) is 8.59. The molecule has 8 heteroatoms. The topological polar surface area (TPSA) is 92.4 Å². The van der Waals surface area contributed by atoms with Gasteiger partial charge in [-0.15, -0.1) is 0 Å². The maximum Gasteiger partial charge on any atom is 0.203 e. The third-order valence-corrected chi connectivity index (χ3v) is 4.23. The molecule has 0 aliphatic heterocycles. The molecule has 0 aliphatic rings. The molecule has 28 heavy (non-hydrogen) atoms. The molecule has 8 nitrogen and oxygen atoms in total. The second-order valence-electron chi connectivity index (χ2n) is 5.72. The smallest absolute Gasteiger partial charge is 0.203 e. The number of ether oxygens (including phenoxy) is 5. The number of benzene rings is 2. The highest BCUT2D eigenvalue weighted by molar-refractivity contribution is 5.73. The van der Waals surface area contributed by atoms with Gasteiger partial charge >= 0.3 is 0 Å². The molecule has 0 atom stereocenters. The van der Waals surface area contributed by atoms with Crippen LogP contribution in [0.3, 0.4) is 0 Å². The van der Waals surface area contributed by atoms with Crippen molar-refractivity contribution in [3.63, 3.8) is 0 Å². The molecule has 3 rings (SSSR count). The highest BCUT2D eigenvalue weighted by Crippen LogP contribution is 2.43. The summed E-state index contributed by atoms with van der Waals surface area (Å²) in [5.74, 6) is 2.42. The van der Waals surface area contributed by atoms with Crippen LogP contribution in [0.25, 0.3) is 22.6 Å². The number of hydrogen-bond acceptors (Lipinski definition) is 8. The first kappa shape index (κ1) is 19.2. The van der Waals surface area contributed by atoms with Crippen LogP contribution >= 0.6 is 0 Å². The van der Waals surface area contributed by atoms with Gasteiger partial charge in [0.25, 0.3) is 0 Å². The maximum absolute atomic E-state index is 10.1. The first-order valence-electron chi connectivity index (χ1n) is 8.28. The van der Waals surface area contributed by atoms with Gasteiger partial charge in [0.1, 0.15) is 5.69 Å². The Morgan fingerprint density at radius 2 is 1.18 bits per heavy atom. The van der Waals surface area contributed by atoms with Crippen molar-refractivity contribution in [2.45, 2.75) is 0 Å². The Labute approximate surface area is 162 Å². The van der Waals surface area contributed by atoms with Crippen LogP contribution in [0.4, 0.5) is 0 Å². The quantitative estimate of drug-likeness (QED) is 0.655. The van der Waals surface area contributed by atoms with Gasteiger partial charge in [-0.1, -0.05) is 5.16 Å². The van der Waals surface area contributed by atoms with Crippen LogP contribution in [0.2, 0.25) is 0 Å². The first-order chi connectivity index (χ1) is 13.6. The molecule has 2 aromatic carbocycles. The van der Waals surface area contributed by atoms with Gasteiger partial charge in [0.2, 0.25) is 11.5 Å². The normalized spacial score (nSPS) is 10.5. The Balaban J connectivity index is 2.06. The van der Waals surface area contributed by atoms with E-state index in [4.69, 9.17) is 28.2 Å². The van der Waals surface area contributed by atoms with Crippen molar-refractivity contribution in [2.75, 3.05) is 35.5 Å². The average molecular weight is 387 g/mol. The number of rotatable bonds is 7. The monoisotopic (exact) mass is 387 g/mol. The summed E-state index contributed by atoms with van der Waals surface area (Å²) >= 11 is 0. The lowest BCUT2D eigenvalue weighted by atomic mass is 10.1. The van der Waals surface area contributed by atoms with Crippen LogP contribution < -0.4 is 23.7 Å². The van der Waals surface area contributed by atoms with Crippen molar-refractivity contribution >= 4 is 0 Å². The van der Waals surface area contributed by atoms with E-state index in [-0.39, 0.29) is 17.2 Å². The van der Waals surface area contributed by atoms with Crippen molar-refractivity contribution in [3.8, 4) is 57.1 Å². The molecule has 0 saturated carbocycles. The van der Waals surface area contributed by atoms with Gasteiger partial charge in [-0.3, -0.25) is 0 Å². The molecule has 0 aliphatic carbocycles. The van der Waals surface area contributed by atoms with E-state index < -0.39 is 0 Å². The van der Waals surface area contributed by atoms with Crippen LogP contribution in [0, 0.1) is 0 Å². The van der Waals surface area contributed by atoms with Crippen LogP contribution in [0.1, 0.15) is 0 Å². The number of aromatic hydroxyl groups is 1. The summed E-state index contributed by atoms with van der Waals surface area (Å²) in [7, 11) is 7.55. The Morgan fingerprint density at radius 1 is 0.679 bits per heavy atom. The van der Waals surface area contributed by atoms with E-state index in [1.807, 2.05) is 0 Å². The van der Waals surface area contributed by atoms with E-state index >= 15 is 0 Å². The molecule has 0 fully saturated rings. The molecular formula is C20H21NO7. The first-order valence-corrected chi connectivity index (χ1v) is 8.28. The number of nitrogens with zero attached hydrogens (tertiary/aromatic N) is 1. The molecule has 0 radical (unpaired) electrons. The lowest BCUT2D eigenvalue weighted by molar-refractivity contribution is 0.324. The number of hydrogen-bond donors (Lipinski definition) is 1. The molecule has 0 saturated heterocycles. The third kappa shape index (κ3) is 3.36. The van der Waals surface area contributed by atoms with Crippen LogP contribution in [0.15, 0.2) is 34.9 Å². The van der Waals surface area contributed by atoms with Gasteiger partial charge < -0.3 is 33.3 Å². The summed E-state index contributed by atoms with van der Waals surface area (Å²) in [6.07, 6.45) is 0. The van der Waals surface area contributed by atoms with E-state index in [1.54, 1.807) is 51.7 Å². The molecule has 1 heterocycles. The third-order valence-electron chi connectivity index (χ3n) is 4.23. The average Bonchev–Trinajstić information content (AvgIpc) is 3.23. The van der Waals surface area contributed by atoms with Gasteiger partial charge in [-0.25, -0.2) is 0 Å². The van der Waals surface area contributed by atoms with Crippen molar-refractivity contribution in [1.29, 1.82) is 0 Å². The zero-order valence-electron chi connectivity index (χ0n) is 16.2. The number of phenols is 1. The predicted octanol–water partition coefficient (Wildman–Crippen LogP) is 3.76. The summed E-state index contributed by atoms with van der Waals surface area (Å²) in [6.45, 7) is 0. The van der Waals surface area contributed by atoms with E-state index in [9.17, 15) is 5.11 Å². The maximum atomic E-state index is 10.1. The zero-order valence-corrected chi connectivity index (χ0v) is 16.2. The largest absolute Gasteiger partial charge is 0.502 e. The minimum absolute atomic E-state index is 0.0851. The SMILES string of the molecule is COc1cc(-c2cc(-c3cc(OC)c(OC)c(OC)c3)no2)cc(OC)c1O. The van der Waals surface area contributed by atoms with Gasteiger partial charge in [0, 0.05) is 17.2 Å². The molecule has 148 valence electrons. The van der Waals surface area contributed by atoms with Crippen molar-refractivity contribution in [1.82, 2.24) is 5.16 Å². The number of aromatic nitrogens is 1. The Bertz CT molecular complexity index is 930. The van der Waals surface area contributed by atoms with Gasteiger partial charge in [0.15, 0.2) is 28.8 Å². The molecular weight excluding hydrogens is 366 g/mol. The van der Waals surface area contributed by atoms with E-state index in [2.05, 4.69) is 5.16 Å². The fraction of sp³-hybridized carbons (Fsp3) is 0.250. The molecule has 3 aromatic rings. The zero-order chi connectivity index (χ0) is 20.3. The van der Waals surface area contributed by atoms with Crippen molar-refractivity contribution < 1.29 is 33.3 Å². The Morgan fingerprint density at radius 3 is 1.64 bits per heavy atom. The second-order valence-corrected chi connectivity index (χ2v) is 5.72. The molecule has 1 N–H and O–H groups in total. The molecule has 0 bridgehead atoms. The summed E-state index contributed by atoms with van der Waals surface area (Å²) < 4.78 is 32.0. The Kier molecular flexibility index (Phi) is 5.49. The standard InChI is InChI=1S/C20H21NO7/c1-23-15-8-12(9-16(24-2)19(15)22)14-10-13(21-28-14)11-6-17(25-3)20(27-5)18(7-11)26-4/h6-10,22H,1-5H3. The fourth-order valence-electron chi connectivity index (χ4n) is 2.81. The fourth-order valence-corrected chi connectivity index (χ4v) is 2.81. The molecule has 0 spiro atoms. The predicted molar refractivity (Wildman–Crippen MR) is 102 cm³/mol. The highest BCUT2D eigenvalue weighted by atomic mass is 16.5. The minimum Gasteiger partial charge on any atom is -0.502 e.